The Morgan fingerprint density at radius 3 is 2.30 bits per heavy atom. The van der Waals surface area contributed by atoms with Crippen LogP contribution in [0.1, 0.15) is 16.1 Å². The summed E-state index contributed by atoms with van der Waals surface area (Å²) < 4.78 is 37.3. The van der Waals surface area contributed by atoms with Crippen LogP contribution in [0.25, 0.3) is 11.3 Å². The number of carboxylic acid groups (broad SMARTS) is 1. The Labute approximate surface area is 110 Å². The molecule has 0 radical (unpaired) electrons. The van der Waals surface area contributed by atoms with E-state index in [0.717, 1.165) is 12.1 Å². The monoisotopic (exact) mass is 283 g/mol. The molecule has 0 aliphatic rings. The molecule has 0 aliphatic carbocycles. The van der Waals surface area contributed by atoms with E-state index >= 15 is 0 Å². The molecule has 3 N–H and O–H groups in total. The number of rotatable bonds is 2. The zero-order valence-corrected chi connectivity index (χ0v) is 9.85. The van der Waals surface area contributed by atoms with Gasteiger partial charge in [-0.15, -0.1) is 0 Å². The Kier molecular flexibility index (Phi) is 3.31. The van der Waals surface area contributed by atoms with Crippen LogP contribution in [0, 0.1) is 0 Å². The van der Waals surface area contributed by atoms with E-state index in [4.69, 9.17) is 10.8 Å². The number of alkyl halides is 3. The summed E-state index contributed by atoms with van der Waals surface area (Å²) in [6.45, 7) is 0. The smallest absolute Gasteiger partial charge is 0.416 e. The summed E-state index contributed by atoms with van der Waals surface area (Å²) in [6.07, 6.45) is -3.23. The highest BCUT2D eigenvalue weighted by Crippen LogP contribution is 2.30. The van der Waals surface area contributed by atoms with E-state index in [0.29, 0.717) is 5.56 Å². The van der Waals surface area contributed by atoms with Gasteiger partial charge in [0, 0.05) is 5.56 Å². The minimum absolute atomic E-state index is 0.130. The number of nitrogen functional groups attached to an aromatic ring is 1. The second kappa shape index (κ2) is 4.80. The van der Waals surface area contributed by atoms with Gasteiger partial charge in [0.15, 0.2) is 11.5 Å². The standard InChI is InChI=1S/C12H8F3N3O2/c13-12(14,15)7-3-1-6(2-4-7)8-5-17-10(16)9(18-8)11(19)20/h1-5H,(H2,16,17)(H,19,20). The van der Waals surface area contributed by atoms with E-state index < -0.39 is 23.4 Å². The van der Waals surface area contributed by atoms with Gasteiger partial charge in [-0.25, -0.2) is 14.8 Å². The molecular weight excluding hydrogens is 275 g/mol. The average molecular weight is 283 g/mol. The Balaban J connectivity index is 2.42. The summed E-state index contributed by atoms with van der Waals surface area (Å²) in [5.74, 6) is -1.61. The number of aromatic nitrogens is 2. The zero-order chi connectivity index (χ0) is 14.9. The molecule has 0 unspecified atom stereocenters. The number of carboxylic acids is 1. The minimum Gasteiger partial charge on any atom is -0.476 e. The Morgan fingerprint density at radius 2 is 1.80 bits per heavy atom. The van der Waals surface area contributed by atoms with Gasteiger partial charge in [-0.3, -0.25) is 0 Å². The van der Waals surface area contributed by atoms with E-state index in [1.807, 2.05) is 0 Å². The van der Waals surface area contributed by atoms with Crippen molar-refractivity contribution >= 4 is 11.8 Å². The van der Waals surface area contributed by atoms with E-state index in [-0.39, 0.29) is 11.5 Å². The van der Waals surface area contributed by atoms with Gasteiger partial charge >= 0.3 is 12.1 Å². The van der Waals surface area contributed by atoms with Gasteiger partial charge in [0.2, 0.25) is 0 Å². The van der Waals surface area contributed by atoms with Crippen molar-refractivity contribution in [3.8, 4) is 11.3 Å². The summed E-state index contributed by atoms with van der Waals surface area (Å²) in [7, 11) is 0. The van der Waals surface area contributed by atoms with Crippen LogP contribution < -0.4 is 5.73 Å². The molecule has 0 bridgehead atoms. The van der Waals surface area contributed by atoms with Gasteiger partial charge in [-0.2, -0.15) is 13.2 Å². The fraction of sp³-hybridized carbons (Fsp3) is 0.0833. The Morgan fingerprint density at radius 1 is 1.20 bits per heavy atom. The molecule has 0 spiro atoms. The number of anilines is 1. The van der Waals surface area contributed by atoms with Crippen molar-refractivity contribution in [2.45, 2.75) is 6.18 Å². The predicted molar refractivity (Wildman–Crippen MR) is 63.8 cm³/mol. The Hall–Kier alpha value is -2.64. The van der Waals surface area contributed by atoms with Gasteiger partial charge in [0.05, 0.1) is 17.5 Å². The molecule has 1 aromatic carbocycles. The largest absolute Gasteiger partial charge is 0.476 e. The molecule has 0 atom stereocenters. The molecule has 8 heteroatoms. The lowest BCUT2D eigenvalue weighted by Gasteiger charge is -2.08. The highest BCUT2D eigenvalue weighted by molar-refractivity contribution is 5.90. The fourth-order valence-electron chi connectivity index (χ4n) is 1.52. The molecule has 2 rings (SSSR count). The average Bonchev–Trinajstić information content (AvgIpc) is 2.38. The maximum atomic E-state index is 12.4. The van der Waals surface area contributed by atoms with Crippen molar-refractivity contribution in [3.63, 3.8) is 0 Å². The quantitative estimate of drug-likeness (QED) is 0.883. The van der Waals surface area contributed by atoms with Crippen LogP contribution in [0.4, 0.5) is 19.0 Å². The van der Waals surface area contributed by atoms with Crippen molar-refractivity contribution in [2.75, 3.05) is 5.73 Å². The van der Waals surface area contributed by atoms with Crippen LogP contribution in [0.2, 0.25) is 0 Å². The number of aromatic carboxylic acids is 1. The van der Waals surface area contributed by atoms with E-state index in [1.54, 1.807) is 0 Å². The molecule has 0 fully saturated rings. The maximum absolute atomic E-state index is 12.4. The highest BCUT2D eigenvalue weighted by Gasteiger charge is 2.30. The molecule has 0 aliphatic heterocycles. The number of halogens is 3. The number of nitrogens with two attached hydrogens (primary N) is 1. The number of carbonyl (C=O) groups is 1. The van der Waals surface area contributed by atoms with Crippen LogP contribution in [-0.4, -0.2) is 21.0 Å². The van der Waals surface area contributed by atoms with Crippen LogP contribution in [-0.2, 0) is 6.18 Å². The van der Waals surface area contributed by atoms with E-state index in [1.165, 1.54) is 18.3 Å². The molecule has 20 heavy (non-hydrogen) atoms. The van der Waals surface area contributed by atoms with E-state index in [9.17, 15) is 18.0 Å². The van der Waals surface area contributed by atoms with Crippen molar-refractivity contribution < 1.29 is 23.1 Å². The third-order valence-corrected chi connectivity index (χ3v) is 2.51. The van der Waals surface area contributed by atoms with Gasteiger partial charge in [-0.1, -0.05) is 12.1 Å². The van der Waals surface area contributed by atoms with Gasteiger partial charge in [-0.05, 0) is 12.1 Å². The second-order valence-corrected chi connectivity index (χ2v) is 3.87. The van der Waals surface area contributed by atoms with Crippen molar-refractivity contribution in [2.24, 2.45) is 0 Å². The SMILES string of the molecule is Nc1ncc(-c2ccc(C(F)(F)F)cc2)nc1C(=O)O. The second-order valence-electron chi connectivity index (χ2n) is 3.87. The summed E-state index contributed by atoms with van der Waals surface area (Å²) in [5.41, 5.74) is 4.54. The summed E-state index contributed by atoms with van der Waals surface area (Å²) in [5, 5.41) is 8.86. The topological polar surface area (TPSA) is 89.1 Å². The first-order valence-electron chi connectivity index (χ1n) is 5.32. The third kappa shape index (κ3) is 2.68. The van der Waals surface area contributed by atoms with Crippen molar-refractivity contribution in [1.29, 1.82) is 0 Å². The van der Waals surface area contributed by atoms with Gasteiger partial charge in [0.1, 0.15) is 0 Å². The number of hydrogen-bond donors (Lipinski definition) is 2. The molecule has 5 nitrogen and oxygen atoms in total. The first kappa shape index (κ1) is 13.8. The summed E-state index contributed by atoms with van der Waals surface area (Å²) >= 11 is 0. The maximum Gasteiger partial charge on any atom is 0.416 e. The first-order chi connectivity index (χ1) is 9.29. The third-order valence-electron chi connectivity index (χ3n) is 2.51. The first-order valence-corrected chi connectivity index (χ1v) is 5.32. The lowest BCUT2D eigenvalue weighted by atomic mass is 10.1. The van der Waals surface area contributed by atoms with Crippen molar-refractivity contribution in [3.05, 3.63) is 41.7 Å². The zero-order valence-electron chi connectivity index (χ0n) is 9.85. The summed E-state index contributed by atoms with van der Waals surface area (Å²) in [4.78, 5) is 18.3. The molecule has 2 aromatic rings. The Bertz CT molecular complexity index is 654. The van der Waals surface area contributed by atoms with E-state index in [2.05, 4.69) is 9.97 Å². The molecule has 0 amide bonds. The van der Waals surface area contributed by atoms with Gasteiger partial charge in [0.25, 0.3) is 0 Å². The van der Waals surface area contributed by atoms with Crippen LogP contribution >= 0.6 is 0 Å². The fourth-order valence-corrected chi connectivity index (χ4v) is 1.52. The normalized spacial score (nSPS) is 11.3. The van der Waals surface area contributed by atoms with Crippen LogP contribution in [0.15, 0.2) is 30.5 Å². The molecule has 1 heterocycles. The van der Waals surface area contributed by atoms with Crippen molar-refractivity contribution in [1.82, 2.24) is 9.97 Å². The number of nitrogens with zero attached hydrogens (tertiary/aromatic N) is 2. The number of hydrogen-bond acceptors (Lipinski definition) is 4. The minimum atomic E-state index is -4.43. The van der Waals surface area contributed by atoms with Crippen LogP contribution in [0.3, 0.4) is 0 Å². The molecular formula is C12H8F3N3O2. The molecule has 1 aromatic heterocycles. The number of benzene rings is 1. The lowest BCUT2D eigenvalue weighted by Crippen LogP contribution is -2.08. The summed E-state index contributed by atoms with van der Waals surface area (Å²) in [6, 6.07) is 4.14. The molecule has 0 saturated carbocycles. The lowest BCUT2D eigenvalue weighted by molar-refractivity contribution is -0.137. The molecule has 104 valence electrons. The highest BCUT2D eigenvalue weighted by atomic mass is 19.4. The van der Waals surface area contributed by atoms with Gasteiger partial charge < -0.3 is 10.8 Å². The predicted octanol–water partition coefficient (Wildman–Crippen LogP) is 2.44. The molecule has 0 saturated heterocycles. The van der Waals surface area contributed by atoms with Crippen LogP contribution in [0.5, 0.6) is 0 Å².